The molecule has 0 atom stereocenters. The molecule has 3 N–H and O–H groups in total. The molecule has 16 heavy (non-hydrogen) atoms. The number of rotatable bonds is 7. The Labute approximate surface area is 96.2 Å². The van der Waals surface area contributed by atoms with Gasteiger partial charge in [-0.05, 0) is 38.4 Å². The van der Waals surface area contributed by atoms with Gasteiger partial charge in [0.15, 0.2) is 5.76 Å². The molecule has 0 fully saturated rings. The third-order valence-electron chi connectivity index (χ3n) is 2.38. The van der Waals surface area contributed by atoms with Crippen LogP contribution in [0.1, 0.15) is 42.0 Å². The molecule has 0 unspecified atom stereocenters. The molecule has 0 aliphatic rings. The topological polar surface area (TPSA) is 68.3 Å². The molecule has 1 amide bonds. The minimum Gasteiger partial charge on any atom is -0.456 e. The lowest BCUT2D eigenvalue weighted by Gasteiger charge is -2.02. The van der Waals surface area contributed by atoms with Gasteiger partial charge < -0.3 is 15.5 Å². The summed E-state index contributed by atoms with van der Waals surface area (Å²) in [5.74, 6) is 1.01. The molecular formula is C12H20N2O2. The highest BCUT2D eigenvalue weighted by molar-refractivity contribution is 5.91. The van der Waals surface area contributed by atoms with Crippen molar-refractivity contribution in [3.63, 3.8) is 0 Å². The van der Waals surface area contributed by atoms with Crippen molar-refractivity contribution in [3.05, 3.63) is 23.7 Å². The Morgan fingerprint density at radius 1 is 1.31 bits per heavy atom. The van der Waals surface area contributed by atoms with E-state index in [-0.39, 0.29) is 5.91 Å². The molecule has 0 bridgehead atoms. The Kier molecular flexibility index (Phi) is 5.64. The van der Waals surface area contributed by atoms with Crippen LogP contribution < -0.4 is 11.1 Å². The van der Waals surface area contributed by atoms with Gasteiger partial charge in [-0.1, -0.05) is 12.8 Å². The number of hydrogen-bond acceptors (Lipinski definition) is 3. The molecule has 1 aromatic heterocycles. The summed E-state index contributed by atoms with van der Waals surface area (Å²) in [7, 11) is 0. The lowest BCUT2D eigenvalue weighted by molar-refractivity contribution is 0.0924. The molecule has 4 nitrogen and oxygen atoms in total. The van der Waals surface area contributed by atoms with E-state index in [4.69, 9.17) is 10.2 Å². The van der Waals surface area contributed by atoms with E-state index in [1.54, 1.807) is 12.1 Å². The van der Waals surface area contributed by atoms with Crippen LogP contribution in [0.2, 0.25) is 0 Å². The second kappa shape index (κ2) is 7.06. The fraction of sp³-hybridized carbons (Fsp3) is 0.583. The quantitative estimate of drug-likeness (QED) is 0.694. The first-order chi connectivity index (χ1) is 7.74. The lowest BCUT2D eigenvalue weighted by atomic mass is 10.2. The second-order valence-electron chi connectivity index (χ2n) is 3.87. The van der Waals surface area contributed by atoms with Gasteiger partial charge in [-0.25, -0.2) is 0 Å². The van der Waals surface area contributed by atoms with Crippen molar-refractivity contribution < 1.29 is 9.21 Å². The van der Waals surface area contributed by atoms with E-state index in [9.17, 15) is 4.79 Å². The SMILES string of the molecule is Cc1ccc(C(=O)NCCCCCCN)o1. The van der Waals surface area contributed by atoms with E-state index in [0.717, 1.165) is 38.0 Å². The first-order valence-electron chi connectivity index (χ1n) is 5.78. The smallest absolute Gasteiger partial charge is 0.286 e. The van der Waals surface area contributed by atoms with Gasteiger partial charge in [-0.2, -0.15) is 0 Å². The maximum absolute atomic E-state index is 11.5. The van der Waals surface area contributed by atoms with Crippen LogP contribution in [0, 0.1) is 6.92 Å². The zero-order valence-corrected chi connectivity index (χ0v) is 9.79. The van der Waals surface area contributed by atoms with E-state index in [1.165, 1.54) is 0 Å². The average Bonchev–Trinajstić information content (AvgIpc) is 2.70. The number of amides is 1. The molecule has 0 saturated carbocycles. The maximum atomic E-state index is 11.5. The summed E-state index contributed by atoms with van der Waals surface area (Å²) in [4.78, 5) is 11.5. The fourth-order valence-corrected chi connectivity index (χ4v) is 1.47. The van der Waals surface area contributed by atoms with E-state index in [2.05, 4.69) is 5.32 Å². The van der Waals surface area contributed by atoms with Crippen LogP contribution in [0.15, 0.2) is 16.5 Å². The predicted molar refractivity (Wildman–Crippen MR) is 63.3 cm³/mol. The maximum Gasteiger partial charge on any atom is 0.286 e. The van der Waals surface area contributed by atoms with Crippen molar-refractivity contribution in [2.45, 2.75) is 32.6 Å². The minimum atomic E-state index is -0.132. The van der Waals surface area contributed by atoms with Gasteiger partial charge in [0.1, 0.15) is 5.76 Å². The zero-order valence-electron chi connectivity index (χ0n) is 9.79. The Hall–Kier alpha value is -1.29. The van der Waals surface area contributed by atoms with Gasteiger partial charge in [-0.15, -0.1) is 0 Å². The molecule has 0 spiro atoms. The van der Waals surface area contributed by atoms with Gasteiger partial charge in [0.2, 0.25) is 0 Å². The molecule has 0 aliphatic carbocycles. The monoisotopic (exact) mass is 224 g/mol. The first kappa shape index (κ1) is 12.8. The van der Waals surface area contributed by atoms with Crippen LogP contribution in [-0.2, 0) is 0 Å². The summed E-state index contributed by atoms with van der Waals surface area (Å²) in [6.45, 7) is 3.27. The van der Waals surface area contributed by atoms with E-state index in [1.807, 2.05) is 6.92 Å². The van der Waals surface area contributed by atoms with Crippen LogP contribution >= 0.6 is 0 Å². The molecule has 1 aromatic rings. The third kappa shape index (κ3) is 4.49. The van der Waals surface area contributed by atoms with Crippen molar-refractivity contribution in [2.24, 2.45) is 5.73 Å². The average molecular weight is 224 g/mol. The first-order valence-corrected chi connectivity index (χ1v) is 5.78. The van der Waals surface area contributed by atoms with Crippen LogP contribution in [0.25, 0.3) is 0 Å². The highest BCUT2D eigenvalue weighted by atomic mass is 16.3. The number of hydrogen-bond donors (Lipinski definition) is 2. The van der Waals surface area contributed by atoms with Gasteiger partial charge in [0.05, 0.1) is 0 Å². The summed E-state index contributed by atoms with van der Waals surface area (Å²) >= 11 is 0. The number of unbranched alkanes of at least 4 members (excludes halogenated alkanes) is 3. The Morgan fingerprint density at radius 3 is 2.69 bits per heavy atom. The van der Waals surface area contributed by atoms with Gasteiger partial charge in [-0.3, -0.25) is 4.79 Å². The van der Waals surface area contributed by atoms with Crippen molar-refractivity contribution in [2.75, 3.05) is 13.1 Å². The largest absolute Gasteiger partial charge is 0.456 e. The van der Waals surface area contributed by atoms with Crippen molar-refractivity contribution >= 4 is 5.91 Å². The number of aryl methyl sites for hydroxylation is 1. The number of carbonyl (C=O) groups excluding carboxylic acids is 1. The summed E-state index contributed by atoms with van der Waals surface area (Å²) in [5, 5.41) is 2.83. The van der Waals surface area contributed by atoms with Crippen LogP contribution in [-0.4, -0.2) is 19.0 Å². The van der Waals surface area contributed by atoms with E-state index >= 15 is 0 Å². The van der Waals surface area contributed by atoms with Gasteiger partial charge >= 0.3 is 0 Å². The van der Waals surface area contributed by atoms with E-state index in [0.29, 0.717) is 12.3 Å². The second-order valence-corrected chi connectivity index (χ2v) is 3.87. The molecular weight excluding hydrogens is 204 g/mol. The Balaban J connectivity index is 2.11. The number of carbonyl (C=O) groups is 1. The van der Waals surface area contributed by atoms with Gasteiger partial charge in [0.25, 0.3) is 5.91 Å². The summed E-state index contributed by atoms with van der Waals surface area (Å²) < 4.78 is 5.21. The molecule has 0 aliphatic heterocycles. The van der Waals surface area contributed by atoms with E-state index < -0.39 is 0 Å². The molecule has 0 saturated heterocycles. The molecule has 0 radical (unpaired) electrons. The summed E-state index contributed by atoms with van der Waals surface area (Å²) in [5.41, 5.74) is 5.39. The summed E-state index contributed by atoms with van der Waals surface area (Å²) in [6, 6.07) is 3.48. The summed E-state index contributed by atoms with van der Waals surface area (Å²) in [6.07, 6.45) is 4.29. The Bertz CT molecular complexity index is 321. The molecule has 90 valence electrons. The van der Waals surface area contributed by atoms with Crippen molar-refractivity contribution in [3.8, 4) is 0 Å². The standard InChI is InChI=1S/C12H20N2O2/c1-10-6-7-11(16-10)12(15)14-9-5-3-2-4-8-13/h6-7H,2-5,8-9,13H2,1H3,(H,14,15). The van der Waals surface area contributed by atoms with Crippen molar-refractivity contribution in [1.82, 2.24) is 5.32 Å². The normalized spacial score (nSPS) is 10.4. The lowest BCUT2D eigenvalue weighted by Crippen LogP contribution is -2.23. The van der Waals surface area contributed by atoms with Gasteiger partial charge in [0, 0.05) is 6.54 Å². The number of nitrogens with two attached hydrogens (primary N) is 1. The number of nitrogens with one attached hydrogen (secondary N) is 1. The molecule has 0 aromatic carbocycles. The fourth-order valence-electron chi connectivity index (χ4n) is 1.47. The highest BCUT2D eigenvalue weighted by Crippen LogP contribution is 2.05. The molecule has 4 heteroatoms. The number of furan rings is 1. The third-order valence-corrected chi connectivity index (χ3v) is 2.38. The Morgan fingerprint density at radius 2 is 2.06 bits per heavy atom. The highest BCUT2D eigenvalue weighted by Gasteiger charge is 2.08. The molecule has 1 rings (SSSR count). The predicted octanol–water partition coefficient (Wildman–Crippen LogP) is 1.84. The molecule has 1 heterocycles. The van der Waals surface area contributed by atoms with Crippen LogP contribution in [0.3, 0.4) is 0 Å². The van der Waals surface area contributed by atoms with Crippen LogP contribution in [0.5, 0.6) is 0 Å². The minimum absolute atomic E-state index is 0.132. The van der Waals surface area contributed by atoms with Crippen molar-refractivity contribution in [1.29, 1.82) is 0 Å². The zero-order chi connectivity index (χ0) is 11.8. The van der Waals surface area contributed by atoms with Crippen LogP contribution in [0.4, 0.5) is 0 Å².